The summed E-state index contributed by atoms with van der Waals surface area (Å²) in [6, 6.07) is 11.8. The third-order valence-corrected chi connectivity index (χ3v) is 3.39. The number of nitrogens with one attached hydrogen (secondary N) is 2. The van der Waals surface area contributed by atoms with Gasteiger partial charge in [0.2, 0.25) is 5.95 Å². The van der Waals surface area contributed by atoms with E-state index in [1.54, 1.807) is 19.2 Å². The number of ether oxygens (including phenoxy) is 1. The molecule has 3 rings (SSSR count). The maximum absolute atomic E-state index is 12.6. The molecule has 0 amide bonds. The third kappa shape index (κ3) is 4.38. The largest absolute Gasteiger partial charge is 0.497 e. The Kier molecular flexibility index (Phi) is 4.87. The van der Waals surface area contributed by atoms with Crippen LogP contribution in [0.4, 0.5) is 36.3 Å². The van der Waals surface area contributed by atoms with Crippen LogP contribution in [0.25, 0.3) is 0 Å². The topological polar surface area (TPSA) is 72.0 Å². The highest BCUT2D eigenvalue weighted by molar-refractivity contribution is 5.59. The van der Waals surface area contributed by atoms with Crippen molar-refractivity contribution in [3.8, 4) is 5.75 Å². The molecule has 0 unspecified atom stereocenters. The first-order valence-electron chi connectivity index (χ1n) is 7.49. The maximum atomic E-state index is 12.6. The van der Waals surface area contributed by atoms with Crippen molar-refractivity contribution in [1.29, 1.82) is 0 Å². The molecule has 0 saturated heterocycles. The van der Waals surface area contributed by atoms with E-state index in [0.717, 1.165) is 23.6 Å². The number of aromatic nitrogens is 3. The standard InChI is InChI=1S/C17H14F3N5O/c1-26-14-8-6-12(7-9-14)22-15-10-21-25-16(24-15)23-13-4-2-11(3-5-13)17(18,19)20/h2-10H,1H3,(H2,22,23,24,25). The molecule has 2 aromatic carbocycles. The fraction of sp³-hybridized carbons (Fsp3) is 0.118. The fourth-order valence-corrected chi connectivity index (χ4v) is 2.11. The number of benzene rings is 2. The van der Waals surface area contributed by atoms with E-state index in [1.807, 2.05) is 12.1 Å². The van der Waals surface area contributed by atoms with Gasteiger partial charge in [-0.1, -0.05) is 0 Å². The Morgan fingerprint density at radius 1 is 0.885 bits per heavy atom. The number of methoxy groups -OCH3 is 1. The smallest absolute Gasteiger partial charge is 0.416 e. The number of nitrogens with zero attached hydrogens (tertiary/aromatic N) is 3. The van der Waals surface area contributed by atoms with Crippen molar-refractivity contribution >= 4 is 23.1 Å². The van der Waals surface area contributed by atoms with Gasteiger partial charge in [-0.3, -0.25) is 0 Å². The number of anilines is 4. The lowest BCUT2D eigenvalue weighted by molar-refractivity contribution is -0.137. The van der Waals surface area contributed by atoms with Crippen molar-refractivity contribution in [2.45, 2.75) is 6.18 Å². The first-order valence-corrected chi connectivity index (χ1v) is 7.49. The lowest BCUT2D eigenvalue weighted by Crippen LogP contribution is -2.05. The molecule has 1 heterocycles. The fourth-order valence-electron chi connectivity index (χ4n) is 2.11. The van der Waals surface area contributed by atoms with E-state index in [-0.39, 0.29) is 5.95 Å². The van der Waals surface area contributed by atoms with Crippen molar-refractivity contribution in [2.24, 2.45) is 0 Å². The number of alkyl halides is 3. The molecule has 6 nitrogen and oxygen atoms in total. The summed E-state index contributed by atoms with van der Waals surface area (Å²) in [6.07, 6.45) is -2.94. The summed E-state index contributed by atoms with van der Waals surface area (Å²) in [5.41, 5.74) is 0.463. The second kappa shape index (κ2) is 7.26. The molecule has 2 N–H and O–H groups in total. The molecule has 9 heteroatoms. The van der Waals surface area contributed by atoms with E-state index in [0.29, 0.717) is 11.5 Å². The highest BCUT2D eigenvalue weighted by Gasteiger charge is 2.29. The van der Waals surface area contributed by atoms with Crippen molar-refractivity contribution in [3.63, 3.8) is 0 Å². The van der Waals surface area contributed by atoms with Crippen LogP contribution in [0.15, 0.2) is 54.7 Å². The van der Waals surface area contributed by atoms with Crippen molar-refractivity contribution < 1.29 is 17.9 Å². The van der Waals surface area contributed by atoms with Crippen LogP contribution in [0.5, 0.6) is 5.75 Å². The first kappa shape index (κ1) is 17.5. The lowest BCUT2D eigenvalue weighted by Gasteiger charge is -2.10. The number of hydrogen-bond donors (Lipinski definition) is 2. The van der Waals surface area contributed by atoms with Crippen LogP contribution in [0.1, 0.15) is 5.56 Å². The molecule has 0 saturated carbocycles. The van der Waals surface area contributed by atoms with Crippen LogP contribution < -0.4 is 15.4 Å². The van der Waals surface area contributed by atoms with Gasteiger partial charge in [-0.05, 0) is 48.5 Å². The predicted molar refractivity (Wildman–Crippen MR) is 90.8 cm³/mol. The van der Waals surface area contributed by atoms with Gasteiger partial charge < -0.3 is 15.4 Å². The lowest BCUT2D eigenvalue weighted by atomic mass is 10.2. The van der Waals surface area contributed by atoms with E-state index in [9.17, 15) is 13.2 Å². The van der Waals surface area contributed by atoms with Crippen LogP contribution in [-0.4, -0.2) is 22.3 Å². The highest BCUT2D eigenvalue weighted by atomic mass is 19.4. The molecular weight excluding hydrogens is 347 g/mol. The van der Waals surface area contributed by atoms with E-state index in [1.165, 1.54) is 18.3 Å². The Hall–Kier alpha value is -3.36. The molecule has 0 aliphatic rings. The minimum atomic E-state index is -4.38. The summed E-state index contributed by atoms with van der Waals surface area (Å²) in [6.45, 7) is 0. The molecule has 0 bridgehead atoms. The van der Waals surface area contributed by atoms with Gasteiger partial charge in [0.15, 0.2) is 5.82 Å². The number of halogens is 3. The molecule has 0 aliphatic carbocycles. The maximum Gasteiger partial charge on any atom is 0.416 e. The van der Waals surface area contributed by atoms with E-state index >= 15 is 0 Å². The SMILES string of the molecule is COc1ccc(Nc2cnnc(Nc3ccc(C(F)(F)F)cc3)n2)cc1. The number of rotatable bonds is 5. The molecule has 0 atom stereocenters. The van der Waals surface area contributed by atoms with Gasteiger partial charge in [0.25, 0.3) is 0 Å². The van der Waals surface area contributed by atoms with E-state index in [4.69, 9.17) is 4.74 Å². The van der Waals surface area contributed by atoms with Gasteiger partial charge in [-0.2, -0.15) is 23.3 Å². The zero-order valence-electron chi connectivity index (χ0n) is 13.6. The second-order valence-corrected chi connectivity index (χ2v) is 5.22. The van der Waals surface area contributed by atoms with Crippen LogP contribution >= 0.6 is 0 Å². The van der Waals surface area contributed by atoms with Crippen molar-refractivity contribution in [3.05, 3.63) is 60.3 Å². The third-order valence-electron chi connectivity index (χ3n) is 3.39. The predicted octanol–water partition coefficient (Wildman–Crippen LogP) is 4.39. The van der Waals surface area contributed by atoms with Crippen LogP contribution in [0.2, 0.25) is 0 Å². The van der Waals surface area contributed by atoms with Crippen LogP contribution in [-0.2, 0) is 6.18 Å². The normalized spacial score (nSPS) is 11.1. The first-order chi connectivity index (χ1) is 12.4. The van der Waals surface area contributed by atoms with Gasteiger partial charge in [0.05, 0.1) is 18.9 Å². The molecule has 1 aromatic heterocycles. The minimum Gasteiger partial charge on any atom is -0.497 e. The van der Waals surface area contributed by atoms with Gasteiger partial charge in [-0.15, -0.1) is 5.10 Å². The minimum absolute atomic E-state index is 0.156. The van der Waals surface area contributed by atoms with E-state index in [2.05, 4.69) is 25.8 Å². The Labute approximate surface area is 147 Å². The van der Waals surface area contributed by atoms with Gasteiger partial charge in [-0.25, -0.2) is 0 Å². The van der Waals surface area contributed by atoms with Crippen molar-refractivity contribution in [2.75, 3.05) is 17.7 Å². The number of hydrogen-bond acceptors (Lipinski definition) is 6. The van der Waals surface area contributed by atoms with Crippen LogP contribution in [0, 0.1) is 0 Å². The molecule has 3 aromatic rings. The van der Waals surface area contributed by atoms with E-state index < -0.39 is 11.7 Å². The Balaban J connectivity index is 1.70. The monoisotopic (exact) mass is 361 g/mol. The Morgan fingerprint density at radius 3 is 2.12 bits per heavy atom. The molecule has 26 heavy (non-hydrogen) atoms. The second-order valence-electron chi connectivity index (χ2n) is 5.22. The summed E-state index contributed by atoms with van der Waals surface area (Å²) >= 11 is 0. The van der Waals surface area contributed by atoms with Gasteiger partial charge >= 0.3 is 6.18 Å². The molecule has 0 spiro atoms. The molecule has 0 aliphatic heterocycles. The van der Waals surface area contributed by atoms with Gasteiger partial charge in [0, 0.05) is 11.4 Å². The Morgan fingerprint density at radius 2 is 1.50 bits per heavy atom. The summed E-state index contributed by atoms with van der Waals surface area (Å²) in [5.74, 6) is 1.31. The van der Waals surface area contributed by atoms with Crippen molar-refractivity contribution in [1.82, 2.24) is 15.2 Å². The van der Waals surface area contributed by atoms with Crippen LogP contribution in [0.3, 0.4) is 0 Å². The molecule has 0 radical (unpaired) electrons. The summed E-state index contributed by atoms with van der Waals surface area (Å²) < 4.78 is 42.8. The summed E-state index contributed by atoms with van der Waals surface area (Å²) in [5, 5.41) is 13.5. The summed E-state index contributed by atoms with van der Waals surface area (Å²) in [7, 11) is 1.58. The molecule has 0 fully saturated rings. The van der Waals surface area contributed by atoms with Gasteiger partial charge in [0.1, 0.15) is 5.75 Å². The Bertz CT molecular complexity index is 867. The zero-order valence-corrected chi connectivity index (χ0v) is 13.6. The molecular formula is C17H14F3N5O. The molecule has 134 valence electrons. The quantitative estimate of drug-likeness (QED) is 0.702. The average molecular weight is 361 g/mol. The zero-order chi connectivity index (χ0) is 18.6. The highest BCUT2D eigenvalue weighted by Crippen LogP contribution is 2.30. The average Bonchev–Trinajstić information content (AvgIpc) is 2.62. The summed E-state index contributed by atoms with van der Waals surface area (Å²) in [4.78, 5) is 4.23.